The Labute approximate surface area is 171 Å². The van der Waals surface area contributed by atoms with Crippen molar-refractivity contribution in [3.63, 3.8) is 0 Å². The molecule has 6 heteroatoms. The van der Waals surface area contributed by atoms with Crippen molar-refractivity contribution in [2.45, 2.75) is 0 Å². The molecule has 0 spiro atoms. The fourth-order valence-corrected chi connectivity index (χ4v) is 2.87. The predicted octanol–water partition coefficient (Wildman–Crippen LogP) is 5.13. The number of urea groups is 1. The molecule has 5 nitrogen and oxygen atoms in total. The van der Waals surface area contributed by atoms with Crippen molar-refractivity contribution < 1.29 is 14.3 Å². The second kappa shape index (κ2) is 9.19. The lowest BCUT2D eigenvalue weighted by Gasteiger charge is -2.08. The Bertz CT molecular complexity index is 953. The summed E-state index contributed by atoms with van der Waals surface area (Å²) in [6.07, 6.45) is 0. The monoisotopic (exact) mass is 438 g/mol. The number of anilines is 1. The third kappa shape index (κ3) is 5.20. The van der Waals surface area contributed by atoms with Crippen LogP contribution >= 0.6 is 15.9 Å². The van der Waals surface area contributed by atoms with Crippen molar-refractivity contribution in [2.24, 2.45) is 0 Å². The van der Waals surface area contributed by atoms with Crippen molar-refractivity contribution in [1.29, 1.82) is 0 Å². The van der Waals surface area contributed by atoms with E-state index in [1.807, 2.05) is 36.4 Å². The van der Waals surface area contributed by atoms with Crippen LogP contribution in [-0.2, 0) is 0 Å². The highest BCUT2D eigenvalue weighted by molar-refractivity contribution is 9.10. The number of ether oxygens (including phenoxy) is 1. The molecule has 0 aliphatic rings. The molecule has 0 aromatic heterocycles. The molecule has 3 aromatic rings. The molecule has 0 fully saturated rings. The van der Waals surface area contributed by atoms with Crippen LogP contribution in [0.15, 0.2) is 77.3 Å². The first-order valence-electron chi connectivity index (χ1n) is 8.63. The van der Waals surface area contributed by atoms with E-state index in [1.165, 1.54) is 0 Å². The lowest BCUT2D eigenvalue weighted by molar-refractivity contribution is 0.0993. The second-order valence-corrected chi connectivity index (χ2v) is 6.96. The second-order valence-electron chi connectivity index (χ2n) is 6.04. The number of amides is 2. The zero-order valence-electron chi connectivity index (χ0n) is 15.2. The number of hydrogen-bond acceptors (Lipinski definition) is 3. The molecule has 2 amide bonds. The van der Waals surface area contributed by atoms with Crippen molar-refractivity contribution in [1.82, 2.24) is 5.32 Å². The Hall–Kier alpha value is -3.12. The number of carbonyl (C=O) groups excluding carboxylic acids is 2. The van der Waals surface area contributed by atoms with Crippen molar-refractivity contribution in [3.05, 3.63) is 82.8 Å². The lowest BCUT2D eigenvalue weighted by atomic mass is 10.0. The van der Waals surface area contributed by atoms with Gasteiger partial charge >= 0.3 is 6.03 Å². The Morgan fingerprint density at radius 1 is 0.857 bits per heavy atom. The summed E-state index contributed by atoms with van der Waals surface area (Å²) in [5.41, 5.74) is 3.25. The van der Waals surface area contributed by atoms with E-state index in [1.54, 1.807) is 43.5 Å². The maximum absolute atomic E-state index is 12.3. The predicted molar refractivity (Wildman–Crippen MR) is 114 cm³/mol. The highest BCUT2D eigenvalue weighted by Gasteiger charge is 2.09. The van der Waals surface area contributed by atoms with Crippen LogP contribution in [0.5, 0.6) is 5.75 Å². The van der Waals surface area contributed by atoms with Gasteiger partial charge in [0.25, 0.3) is 0 Å². The van der Waals surface area contributed by atoms with Gasteiger partial charge in [0, 0.05) is 15.7 Å². The number of ketones is 1. The standard InChI is InChI=1S/C22H19BrN2O3/c1-28-20-12-10-19(11-13-20)25-22(27)24-14-21(26)17-4-2-15(3-5-17)16-6-8-18(23)9-7-16/h2-13H,14H2,1H3,(H2,24,25,27). The van der Waals surface area contributed by atoms with Crippen LogP contribution in [-0.4, -0.2) is 25.5 Å². The van der Waals surface area contributed by atoms with Gasteiger partial charge in [0.1, 0.15) is 5.75 Å². The average Bonchev–Trinajstić information content (AvgIpc) is 2.73. The van der Waals surface area contributed by atoms with E-state index >= 15 is 0 Å². The molecule has 0 radical (unpaired) electrons. The van der Waals surface area contributed by atoms with E-state index in [4.69, 9.17) is 4.74 Å². The van der Waals surface area contributed by atoms with E-state index in [-0.39, 0.29) is 12.3 Å². The fourth-order valence-electron chi connectivity index (χ4n) is 2.60. The fraction of sp³-hybridized carbons (Fsp3) is 0.0909. The topological polar surface area (TPSA) is 67.4 Å². The number of methoxy groups -OCH3 is 1. The molecular formula is C22H19BrN2O3. The molecule has 2 N–H and O–H groups in total. The van der Waals surface area contributed by atoms with E-state index in [0.717, 1.165) is 15.6 Å². The summed E-state index contributed by atoms with van der Waals surface area (Å²) in [6, 6.07) is 21.8. The first kappa shape index (κ1) is 19.6. The molecular weight excluding hydrogens is 420 g/mol. The van der Waals surface area contributed by atoms with Gasteiger partial charge in [0.05, 0.1) is 13.7 Å². The van der Waals surface area contributed by atoms with Gasteiger partial charge in [-0.15, -0.1) is 0 Å². The number of nitrogens with one attached hydrogen (secondary N) is 2. The van der Waals surface area contributed by atoms with Gasteiger partial charge in [-0.1, -0.05) is 52.3 Å². The molecule has 0 unspecified atom stereocenters. The van der Waals surface area contributed by atoms with E-state index < -0.39 is 6.03 Å². The van der Waals surface area contributed by atoms with Gasteiger partial charge in [-0.3, -0.25) is 4.79 Å². The number of rotatable bonds is 6. The smallest absolute Gasteiger partial charge is 0.319 e. The summed E-state index contributed by atoms with van der Waals surface area (Å²) in [5.74, 6) is 0.542. The van der Waals surface area contributed by atoms with Crippen LogP contribution in [0.1, 0.15) is 10.4 Å². The van der Waals surface area contributed by atoms with Crippen molar-refractivity contribution in [2.75, 3.05) is 19.0 Å². The van der Waals surface area contributed by atoms with Crippen LogP contribution in [0.2, 0.25) is 0 Å². The Morgan fingerprint density at radius 2 is 1.43 bits per heavy atom. The van der Waals surface area contributed by atoms with Crippen LogP contribution < -0.4 is 15.4 Å². The van der Waals surface area contributed by atoms with E-state index in [0.29, 0.717) is 17.0 Å². The summed E-state index contributed by atoms with van der Waals surface area (Å²) in [5, 5.41) is 5.25. The molecule has 0 aliphatic carbocycles. The van der Waals surface area contributed by atoms with Gasteiger partial charge in [-0.05, 0) is 47.5 Å². The minimum Gasteiger partial charge on any atom is -0.497 e. The Balaban J connectivity index is 1.53. The zero-order chi connectivity index (χ0) is 19.9. The van der Waals surface area contributed by atoms with Gasteiger partial charge in [0.15, 0.2) is 5.78 Å². The number of benzene rings is 3. The highest BCUT2D eigenvalue weighted by Crippen LogP contribution is 2.22. The van der Waals surface area contributed by atoms with Gasteiger partial charge in [0.2, 0.25) is 0 Å². The van der Waals surface area contributed by atoms with Crippen LogP contribution in [0.3, 0.4) is 0 Å². The average molecular weight is 439 g/mol. The molecule has 3 rings (SSSR count). The molecule has 28 heavy (non-hydrogen) atoms. The molecule has 0 saturated carbocycles. The molecule has 0 saturated heterocycles. The first-order chi connectivity index (χ1) is 13.5. The van der Waals surface area contributed by atoms with Crippen molar-refractivity contribution in [3.8, 4) is 16.9 Å². The molecule has 0 atom stereocenters. The van der Waals surface area contributed by atoms with E-state index in [2.05, 4.69) is 26.6 Å². The van der Waals surface area contributed by atoms with Gasteiger partial charge in [-0.2, -0.15) is 0 Å². The number of carbonyl (C=O) groups is 2. The number of Topliss-reactive ketones (excluding diaryl/α,β-unsaturated/α-hetero) is 1. The van der Waals surface area contributed by atoms with Gasteiger partial charge in [-0.25, -0.2) is 4.79 Å². The van der Waals surface area contributed by atoms with Crippen LogP contribution in [0.25, 0.3) is 11.1 Å². The quantitative estimate of drug-likeness (QED) is 0.524. The van der Waals surface area contributed by atoms with Crippen molar-refractivity contribution >= 4 is 33.4 Å². The SMILES string of the molecule is COc1ccc(NC(=O)NCC(=O)c2ccc(-c3ccc(Br)cc3)cc2)cc1. The normalized spacial score (nSPS) is 10.2. The molecule has 0 bridgehead atoms. The van der Waals surface area contributed by atoms with Crippen LogP contribution in [0.4, 0.5) is 10.5 Å². The maximum Gasteiger partial charge on any atom is 0.319 e. The summed E-state index contributed by atoms with van der Waals surface area (Å²) in [4.78, 5) is 24.3. The minimum absolute atomic E-state index is 0.0837. The Morgan fingerprint density at radius 3 is 2.00 bits per heavy atom. The lowest BCUT2D eigenvalue weighted by Crippen LogP contribution is -2.33. The zero-order valence-corrected chi connectivity index (χ0v) is 16.8. The summed E-state index contributed by atoms with van der Waals surface area (Å²) in [6.45, 7) is -0.0837. The van der Waals surface area contributed by atoms with Crippen LogP contribution in [0, 0.1) is 0 Å². The van der Waals surface area contributed by atoms with Gasteiger partial charge < -0.3 is 15.4 Å². The highest BCUT2D eigenvalue weighted by atomic mass is 79.9. The summed E-state index contributed by atoms with van der Waals surface area (Å²) in [7, 11) is 1.58. The summed E-state index contributed by atoms with van der Waals surface area (Å²) >= 11 is 3.41. The molecule has 0 heterocycles. The first-order valence-corrected chi connectivity index (χ1v) is 9.42. The Kier molecular flexibility index (Phi) is 6.45. The third-order valence-electron chi connectivity index (χ3n) is 4.14. The largest absolute Gasteiger partial charge is 0.497 e. The third-order valence-corrected chi connectivity index (χ3v) is 4.67. The number of halogens is 1. The summed E-state index contributed by atoms with van der Waals surface area (Å²) < 4.78 is 6.08. The molecule has 3 aromatic carbocycles. The van der Waals surface area contributed by atoms with E-state index in [9.17, 15) is 9.59 Å². The number of hydrogen-bond donors (Lipinski definition) is 2. The molecule has 142 valence electrons. The maximum atomic E-state index is 12.3. The minimum atomic E-state index is -0.440. The molecule has 0 aliphatic heterocycles.